The zero-order valence-corrected chi connectivity index (χ0v) is 15.0. The maximum Gasteiger partial charge on any atom is 0.216 e. The van der Waals surface area contributed by atoms with Crippen LogP contribution in [0, 0.1) is 0 Å². The highest BCUT2D eigenvalue weighted by molar-refractivity contribution is 7.90. The van der Waals surface area contributed by atoms with Gasteiger partial charge in [0.1, 0.15) is 27.5 Å². The standard InChI is InChI=1S/C15H24N4O3S/c1-11(14-16-10-12(22-14)15(2,3)4)17-13-6-7-19(18-13)8-9-23(5,20)21/h6-7,10-11H,8-9H2,1-5H3,(H,17,18)/t11-/m0/s1. The van der Waals surface area contributed by atoms with E-state index in [1.165, 1.54) is 6.26 Å². The van der Waals surface area contributed by atoms with Gasteiger partial charge < -0.3 is 9.73 Å². The second kappa shape index (κ2) is 6.35. The maximum atomic E-state index is 11.2. The van der Waals surface area contributed by atoms with Gasteiger partial charge in [-0.25, -0.2) is 13.4 Å². The third-order valence-corrected chi connectivity index (χ3v) is 4.25. The molecule has 7 nitrogen and oxygen atoms in total. The van der Waals surface area contributed by atoms with E-state index < -0.39 is 9.84 Å². The minimum atomic E-state index is -3.00. The largest absolute Gasteiger partial charge is 0.443 e. The molecule has 0 bridgehead atoms. The minimum absolute atomic E-state index is 0.0678. The lowest BCUT2D eigenvalue weighted by Gasteiger charge is -2.14. The van der Waals surface area contributed by atoms with E-state index in [0.717, 1.165) is 5.76 Å². The summed E-state index contributed by atoms with van der Waals surface area (Å²) in [5, 5.41) is 7.51. The Kier molecular flexibility index (Phi) is 4.84. The van der Waals surface area contributed by atoms with Crippen LogP contribution in [-0.4, -0.2) is 35.2 Å². The summed E-state index contributed by atoms with van der Waals surface area (Å²) in [6.07, 6.45) is 4.71. The van der Waals surface area contributed by atoms with E-state index in [0.29, 0.717) is 18.3 Å². The summed E-state index contributed by atoms with van der Waals surface area (Å²) in [6.45, 7) is 8.48. The van der Waals surface area contributed by atoms with Gasteiger partial charge in [0, 0.05) is 23.9 Å². The Hall–Kier alpha value is -1.83. The van der Waals surface area contributed by atoms with Crippen molar-refractivity contribution < 1.29 is 12.8 Å². The molecule has 0 unspecified atom stereocenters. The summed E-state index contributed by atoms with van der Waals surface area (Å²) < 4.78 is 29.8. The Morgan fingerprint density at radius 2 is 2.09 bits per heavy atom. The van der Waals surface area contributed by atoms with E-state index in [9.17, 15) is 8.42 Å². The molecular weight excluding hydrogens is 316 g/mol. The van der Waals surface area contributed by atoms with Crippen molar-refractivity contribution in [1.82, 2.24) is 14.8 Å². The summed E-state index contributed by atoms with van der Waals surface area (Å²) in [4.78, 5) is 4.31. The number of oxazole rings is 1. The van der Waals surface area contributed by atoms with Crippen LogP contribution in [0.5, 0.6) is 0 Å². The first-order chi connectivity index (χ1) is 10.5. The highest BCUT2D eigenvalue weighted by Gasteiger charge is 2.21. The van der Waals surface area contributed by atoms with Crippen LogP contribution >= 0.6 is 0 Å². The van der Waals surface area contributed by atoms with Gasteiger partial charge in [-0.3, -0.25) is 4.68 Å². The third-order valence-electron chi connectivity index (χ3n) is 3.33. The van der Waals surface area contributed by atoms with Crippen LogP contribution in [0.3, 0.4) is 0 Å². The van der Waals surface area contributed by atoms with Gasteiger partial charge in [0.2, 0.25) is 5.89 Å². The lowest BCUT2D eigenvalue weighted by atomic mass is 9.94. The van der Waals surface area contributed by atoms with Gasteiger partial charge in [-0.2, -0.15) is 5.10 Å². The Balaban J connectivity index is 1.99. The summed E-state index contributed by atoms with van der Waals surface area (Å²) in [5.74, 6) is 2.15. The summed E-state index contributed by atoms with van der Waals surface area (Å²) in [7, 11) is -3.00. The van der Waals surface area contributed by atoms with Gasteiger partial charge >= 0.3 is 0 Å². The second-order valence-electron chi connectivity index (χ2n) is 6.77. The zero-order chi connectivity index (χ0) is 17.3. The molecule has 0 spiro atoms. The molecule has 1 N–H and O–H groups in total. The number of hydrogen-bond donors (Lipinski definition) is 1. The molecule has 0 aliphatic rings. The van der Waals surface area contributed by atoms with Crippen LogP contribution in [-0.2, 0) is 21.8 Å². The van der Waals surface area contributed by atoms with E-state index in [-0.39, 0.29) is 17.2 Å². The molecule has 0 aliphatic carbocycles. The summed E-state index contributed by atoms with van der Waals surface area (Å²) in [5.41, 5.74) is -0.0851. The zero-order valence-electron chi connectivity index (χ0n) is 14.2. The average Bonchev–Trinajstić information content (AvgIpc) is 3.03. The number of anilines is 1. The SMILES string of the molecule is C[C@H](Nc1ccn(CCS(C)(=O)=O)n1)c1ncc(C(C)(C)C)o1. The fourth-order valence-corrected chi connectivity index (χ4v) is 2.46. The monoisotopic (exact) mass is 340 g/mol. The van der Waals surface area contributed by atoms with Crippen LogP contribution in [0.2, 0.25) is 0 Å². The first kappa shape index (κ1) is 17.5. The van der Waals surface area contributed by atoms with Crippen LogP contribution in [0.15, 0.2) is 22.9 Å². The Morgan fingerprint density at radius 3 is 2.65 bits per heavy atom. The van der Waals surface area contributed by atoms with Gasteiger partial charge in [-0.1, -0.05) is 20.8 Å². The van der Waals surface area contributed by atoms with Gasteiger partial charge in [-0.15, -0.1) is 0 Å². The number of nitrogens with one attached hydrogen (secondary N) is 1. The van der Waals surface area contributed by atoms with Crippen molar-refractivity contribution in [3.8, 4) is 0 Å². The van der Waals surface area contributed by atoms with Gasteiger partial charge in [-0.05, 0) is 6.92 Å². The van der Waals surface area contributed by atoms with Crippen molar-refractivity contribution in [1.29, 1.82) is 0 Å². The highest BCUT2D eigenvalue weighted by Crippen LogP contribution is 2.25. The molecular formula is C15H24N4O3S. The molecule has 128 valence electrons. The van der Waals surface area contributed by atoms with Crippen LogP contribution in [0.1, 0.15) is 45.4 Å². The van der Waals surface area contributed by atoms with Crippen molar-refractivity contribution in [3.63, 3.8) is 0 Å². The lowest BCUT2D eigenvalue weighted by Crippen LogP contribution is -2.12. The van der Waals surface area contributed by atoms with E-state index in [2.05, 4.69) is 36.2 Å². The molecule has 8 heteroatoms. The molecule has 0 saturated heterocycles. The van der Waals surface area contributed by atoms with E-state index in [1.807, 2.05) is 6.92 Å². The van der Waals surface area contributed by atoms with Crippen LogP contribution in [0.25, 0.3) is 0 Å². The van der Waals surface area contributed by atoms with Gasteiger partial charge in [0.05, 0.1) is 18.5 Å². The molecule has 0 radical (unpaired) electrons. The average molecular weight is 340 g/mol. The molecule has 2 heterocycles. The first-order valence-corrected chi connectivity index (χ1v) is 9.54. The van der Waals surface area contributed by atoms with Crippen molar-refractivity contribution >= 4 is 15.7 Å². The Morgan fingerprint density at radius 1 is 1.39 bits per heavy atom. The molecule has 0 fully saturated rings. The smallest absolute Gasteiger partial charge is 0.216 e. The first-order valence-electron chi connectivity index (χ1n) is 7.48. The minimum Gasteiger partial charge on any atom is -0.443 e. The van der Waals surface area contributed by atoms with E-state index >= 15 is 0 Å². The fraction of sp³-hybridized carbons (Fsp3) is 0.600. The number of rotatable bonds is 6. The predicted molar refractivity (Wildman–Crippen MR) is 89.2 cm³/mol. The highest BCUT2D eigenvalue weighted by atomic mass is 32.2. The molecule has 2 rings (SSSR count). The predicted octanol–water partition coefficient (Wildman–Crippen LogP) is 2.39. The van der Waals surface area contributed by atoms with Crippen molar-refractivity contribution in [2.45, 2.75) is 45.7 Å². The van der Waals surface area contributed by atoms with Crippen LogP contribution in [0.4, 0.5) is 5.82 Å². The maximum absolute atomic E-state index is 11.2. The number of aromatic nitrogens is 3. The quantitative estimate of drug-likeness (QED) is 0.868. The summed E-state index contributed by atoms with van der Waals surface area (Å²) >= 11 is 0. The molecule has 0 aliphatic heterocycles. The van der Waals surface area contributed by atoms with E-state index in [4.69, 9.17) is 4.42 Å². The van der Waals surface area contributed by atoms with Crippen LogP contribution < -0.4 is 5.32 Å². The fourth-order valence-electron chi connectivity index (χ4n) is 1.94. The molecule has 2 aromatic heterocycles. The van der Waals surface area contributed by atoms with Crippen molar-refractivity contribution in [2.75, 3.05) is 17.3 Å². The number of sulfone groups is 1. The van der Waals surface area contributed by atoms with Gasteiger partial charge in [0.25, 0.3) is 0 Å². The number of nitrogens with zero attached hydrogens (tertiary/aromatic N) is 3. The molecule has 1 atom stereocenters. The van der Waals surface area contributed by atoms with E-state index in [1.54, 1.807) is 23.1 Å². The number of aryl methyl sites for hydroxylation is 1. The molecule has 23 heavy (non-hydrogen) atoms. The molecule has 0 amide bonds. The van der Waals surface area contributed by atoms with Crippen molar-refractivity contribution in [3.05, 3.63) is 30.1 Å². The van der Waals surface area contributed by atoms with Gasteiger partial charge in [0.15, 0.2) is 0 Å². The lowest BCUT2D eigenvalue weighted by molar-refractivity contribution is 0.374. The third kappa shape index (κ3) is 5.09. The molecule has 0 saturated carbocycles. The summed E-state index contributed by atoms with van der Waals surface area (Å²) in [6, 6.07) is 1.66. The second-order valence-corrected chi connectivity index (χ2v) is 9.03. The Bertz CT molecular complexity index is 756. The number of hydrogen-bond acceptors (Lipinski definition) is 6. The normalized spacial score (nSPS) is 14.0. The Labute approximate surface area is 137 Å². The molecule has 2 aromatic rings. The molecule has 0 aromatic carbocycles. The van der Waals surface area contributed by atoms with Crippen molar-refractivity contribution in [2.24, 2.45) is 0 Å². The topological polar surface area (TPSA) is 90.0 Å².